The van der Waals surface area contributed by atoms with Crippen molar-refractivity contribution >= 4 is 11.8 Å². The van der Waals surface area contributed by atoms with Crippen LogP contribution in [0.1, 0.15) is 85.9 Å². The number of rotatable bonds is 17. The molecule has 0 fully saturated rings. The molecule has 6 nitrogen and oxygen atoms in total. The molecule has 0 saturated heterocycles. The SMILES string of the molecule is CCCOc1ccc(C(=O)NCCCCCCCCNC(=O)c2ccc(OCCC)cc2)cc1. The molecule has 0 bridgehead atoms. The van der Waals surface area contributed by atoms with E-state index in [9.17, 15) is 9.59 Å². The summed E-state index contributed by atoms with van der Waals surface area (Å²) in [6.45, 7) is 6.87. The summed E-state index contributed by atoms with van der Waals surface area (Å²) in [6, 6.07) is 14.6. The molecule has 0 radical (unpaired) electrons. The molecule has 34 heavy (non-hydrogen) atoms. The normalized spacial score (nSPS) is 10.5. The molecule has 0 aliphatic carbocycles. The molecule has 2 aromatic carbocycles. The molecule has 2 N–H and O–H groups in total. The van der Waals surface area contributed by atoms with Gasteiger partial charge in [-0.15, -0.1) is 0 Å². The van der Waals surface area contributed by atoms with Crippen molar-refractivity contribution in [3.8, 4) is 11.5 Å². The van der Waals surface area contributed by atoms with Crippen LogP contribution in [0.4, 0.5) is 0 Å². The number of carbonyl (C=O) groups is 2. The lowest BCUT2D eigenvalue weighted by molar-refractivity contribution is 0.0944. The summed E-state index contributed by atoms with van der Waals surface area (Å²) in [6.07, 6.45) is 8.30. The third-order valence-electron chi connectivity index (χ3n) is 5.35. The number of hydrogen-bond acceptors (Lipinski definition) is 4. The van der Waals surface area contributed by atoms with Gasteiger partial charge in [0.15, 0.2) is 0 Å². The Labute approximate surface area is 204 Å². The molecule has 0 atom stereocenters. The molecule has 186 valence electrons. The molecule has 6 heteroatoms. The lowest BCUT2D eigenvalue weighted by Gasteiger charge is -2.08. The van der Waals surface area contributed by atoms with Crippen LogP contribution in [0, 0.1) is 0 Å². The molecule has 0 aromatic heterocycles. The number of ether oxygens (including phenoxy) is 2. The number of unbranched alkanes of at least 4 members (excludes halogenated alkanes) is 5. The predicted octanol–water partition coefficient (Wildman–Crippen LogP) is 5.76. The predicted molar refractivity (Wildman–Crippen MR) is 137 cm³/mol. The number of benzene rings is 2. The average molecular weight is 469 g/mol. The number of nitrogens with one attached hydrogen (secondary N) is 2. The van der Waals surface area contributed by atoms with Gasteiger partial charge in [-0.1, -0.05) is 39.5 Å². The Balaban J connectivity index is 1.46. The smallest absolute Gasteiger partial charge is 0.251 e. The highest BCUT2D eigenvalue weighted by atomic mass is 16.5. The van der Waals surface area contributed by atoms with E-state index in [1.54, 1.807) is 24.3 Å². The van der Waals surface area contributed by atoms with Crippen molar-refractivity contribution in [3.05, 3.63) is 59.7 Å². The molecule has 0 heterocycles. The van der Waals surface area contributed by atoms with Crippen molar-refractivity contribution in [3.63, 3.8) is 0 Å². The van der Waals surface area contributed by atoms with Gasteiger partial charge in [-0.2, -0.15) is 0 Å². The summed E-state index contributed by atoms with van der Waals surface area (Å²) in [7, 11) is 0. The van der Waals surface area contributed by atoms with E-state index >= 15 is 0 Å². The van der Waals surface area contributed by atoms with Gasteiger partial charge in [0.05, 0.1) is 13.2 Å². The quantitative estimate of drug-likeness (QED) is 0.289. The summed E-state index contributed by atoms with van der Waals surface area (Å²) in [5, 5.41) is 5.96. The van der Waals surface area contributed by atoms with Gasteiger partial charge < -0.3 is 20.1 Å². The van der Waals surface area contributed by atoms with Gasteiger partial charge in [0.25, 0.3) is 11.8 Å². The van der Waals surface area contributed by atoms with Gasteiger partial charge in [-0.05, 0) is 74.2 Å². The van der Waals surface area contributed by atoms with Crippen LogP contribution in [0.25, 0.3) is 0 Å². The second kappa shape index (κ2) is 16.6. The van der Waals surface area contributed by atoms with Gasteiger partial charge in [-0.3, -0.25) is 9.59 Å². The van der Waals surface area contributed by atoms with Crippen LogP contribution < -0.4 is 20.1 Å². The summed E-state index contributed by atoms with van der Waals surface area (Å²) < 4.78 is 11.1. The second-order valence-corrected chi connectivity index (χ2v) is 8.38. The fourth-order valence-electron chi connectivity index (χ4n) is 3.41. The van der Waals surface area contributed by atoms with Crippen molar-refractivity contribution in [2.75, 3.05) is 26.3 Å². The van der Waals surface area contributed by atoms with Gasteiger partial charge in [-0.25, -0.2) is 0 Å². The lowest BCUT2D eigenvalue weighted by Crippen LogP contribution is -2.24. The van der Waals surface area contributed by atoms with E-state index in [2.05, 4.69) is 24.5 Å². The summed E-state index contributed by atoms with van der Waals surface area (Å²) in [4.78, 5) is 24.4. The van der Waals surface area contributed by atoms with Gasteiger partial charge >= 0.3 is 0 Å². The molecule has 2 amide bonds. The Bertz CT molecular complexity index is 763. The second-order valence-electron chi connectivity index (χ2n) is 8.38. The molecule has 2 aromatic rings. The van der Waals surface area contributed by atoms with Crippen LogP contribution in [0.2, 0.25) is 0 Å². The van der Waals surface area contributed by atoms with Crippen LogP contribution in [0.5, 0.6) is 11.5 Å². The molecule has 0 saturated carbocycles. The maximum absolute atomic E-state index is 12.2. The average Bonchev–Trinajstić information content (AvgIpc) is 2.87. The molecule has 0 spiro atoms. The van der Waals surface area contributed by atoms with Crippen molar-refractivity contribution in [2.45, 2.75) is 65.2 Å². The highest BCUT2D eigenvalue weighted by Crippen LogP contribution is 2.13. The molecule has 2 rings (SSSR count). The first-order chi connectivity index (χ1) is 16.6. The van der Waals surface area contributed by atoms with E-state index in [4.69, 9.17) is 9.47 Å². The first-order valence-corrected chi connectivity index (χ1v) is 12.7. The Kier molecular flexibility index (Phi) is 13.3. The maximum Gasteiger partial charge on any atom is 0.251 e. The van der Waals surface area contributed by atoms with Crippen molar-refractivity contribution in [1.29, 1.82) is 0 Å². The first kappa shape index (κ1) is 27.2. The van der Waals surface area contributed by atoms with Crippen molar-refractivity contribution < 1.29 is 19.1 Å². The Morgan fingerprint density at radius 1 is 0.588 bits per heavy atom. The van der Waals surface area contributed by atoms with E-state index in [0.717, 1.165) is 62.9 Å². The zero-order chi connectivity index (χ0) is 24.4. The van der Waals surface area contributed by atoms with Crippen LogP contribution in [-0.2, 0) is 0 Å². The molecule has 0 aliphatic rings. The Morgan fingerprint density at radius 3 is 1.29 bits per heavy atom. The van der Waals surface area contributed by atoms with Gasteiger partial charge in [0.2, 0.25) is 0 Å². The third kappa shape index (κ3) is 10.7. The molecule has 0 aliphatic heterocycles. The van der Waals surface area contributed by atoms with E-state index in [0.29, 0.717) is 37.4 Å². The third-order valence-corrected chi connectivity index (χ3v) is 5.35. The minimum Gasteiger partial charge on any atom is -0.494 e. The van der Waals surface area contributed by atoms with Crippen molar-refractivity contribution in [1.82, 2.24) is 10.6 Å². The van der Waals surface area contributed by atoms with Crippen LogP contribution in [-0.4, -0.2) is 38.1 Å². The Morgan fingerprint density at radius 2 is 0.941 bits per heavy atom. The fraction of sp³-hybridized carbons (Fsp3) is 0.500. The van der Waals surface area contributed by atoms with Gasteiger partial charge in [0, 0.05) is 24.2 Å². The largest absolute Gasteiger partial charge is 0.494 e. The van der Waals surface area contributed by atoms with Crippen LogP contribution >= 0.6 is 0 Å². The van der Waals surface area contributed by atoms with Gasteiger partial charge in [0.1, 0.15) is 11.5 Å². The Hall–Kier alpha value is -3.02. The number of hydrogen-bond donors (Lipinski definition) is 2. The molecule has 0 unspecified atom stereocenters. The zero-order valence-electron chi connectivity index (χ0n) is 20.7. The summed E-state index contributed by atoms with van der Waals surface area (Å²) in [5.41, 5.74) is 1.32. The number of carbonyl (C=O) groups excluding carboxylic acids is 2. The first-order valence-electron chi connectivity index (χ1n) is 12.7. The highest BCUT2D eigenvalue weighted by Gasteiger charge is 2.06. The molecular formula is C28H40N2O4. The van der Waals surface area contributed by atoms with Crippen LogP contribution in [0.3, 0.4) is 0 Å². The van der Waals surface area contributed by atoms with Crippen molar-refractivity contribution in [2.24, 2.45) is 0 Å². The van der Waals surface area contributed by atoms with E-state index in [1.807, 2.05) is 24.3 Å². The minimum absolute atomic E-state index is 0.0408. The maximum atomic E-state index is 12.2. The monoisotopic (exact) mass is 468 g/mol. The summed E-state index contributed by atoms with van der Waals surface area (Å²) >= 11 is 0. The fourth-order valence-corrected chi connectivity index (χ4v) is 3.41. The van der Waals surface area contributed by atoms with E-state index < -0.39 is 0 Å². The molecular weight excluding hydrogens is 428 g/mol. The van der Waals surface area contributed by atoms with E-state index in [1.165, 1.54) is 0 Å². The lowest BCUT2D eigenvalue weighted by atomic mass is 10.1. The van der Waals surface area contributed by atoms with E-state index in [-0.39, 0.29) is 11.8 Å². The minimum atomic E-state index is -0.0408. The van der Waals surface area contributed by atoms with Crippen LogP contribution in [0.15, 0.2) is 48.5 Å². The number of amides is 2. The standard InChI is InChI=1S/C28H40N2O4/c1-3-21-33-25-15-11-23(12-16-25)27(31)29-19-9-7-5-6-8-10-20-30-28(32)24-13-17-26(18-14-24)34-22-4-2/h11-18H,3-10,19-22H2,1-2H3,(H,29,31)(H,30,32). The highest BCUT2D eigenvalue weighted by molar-refractivity contribution is 5.94. The summed E-state index contributed by atoms with van der Waals surface area (Å²) in [5.74, 6) is 1.51. The topological polar surface area (TPSA) is 76.7 Å². The zero-order valence-corrected chi connectivity index (χ0v) is 20.7.